The normalized spacial score (nSPS) is 24.2. The summed E-state index contributed by atoms with van der Waals surface area (Å²) in [5.41, 5.74) is 4.18. The number of halogens is 1. The van der Waals surface area contributed by atoms with Crippen LogP contribution in [0.3, 0.4) is 0 Å². The van der Waals surface area contributed by atoms with E-state index in [4.69, 9.17) is 11.6 Å². The molecule has 3 atom stereocenters. The van der Waals surface area contributed by atoms with Crippen molar-refractivity contribution in [1.29, 1.82) is 0 Å². The highest BCUT2D eigenvalue weighted by Gasteiger charge is 2.38. The molecule has 122 valence electrons. The molecule has 0 aromatic heterocycles. The summed E-state index contributed by atoms with van der Waals surface area (Å²) < 4.78 is 0. The lowest BCUT2D eigenvalue weighted by Gasteiger charge is -2.39. The number of benzene rings is 2. The number of hydrogen-bond donors (Lipinski definition) is 1. The molecular formula is C20H17ClNO2-. The third kappa shape index (κ3) is 2.31. The number of anilines is 1. The summed E-state index contributed by atoms with van der Waals surface area (Å²) in [5, 5.41) is 15.7. The van der Waals surface area contributed by atoms with Crippen molar-refractivity contribution in [3.63, 3.8) is 0 Å². The molecule has 4 rings (SSSR count). The van der Waals surface area contributed by atoms with Gasteiger partial charge in [0, 0.05) is 22.2 Å². The van der Waals surface area contributed by atoms with Crippen LogP contribution in [0.2, 0.25) is 5.02 Å². The molecule has 2 aromatic rings. The minimum atomic E-state index is -1.14. The number of carbonyl (C=O) groups is 1. The van der Waals surface area contributed by atoms with Crippen LogP contribution in [0, 0.1) is 12.8 Å². The molecule has 1 aliphatic heterocycles. The number of aromatic carboxylic acids is 1. The molecule has 0 bridgehead atoms. The third-order valence-electron chi connectivity index (χ3n) is 5.22. The summed E-state index contributed by atoms with van der Waals surface area (Å²) >= 11 is 6.18. The summed E-state index contributed by atoms with van der Waals surface area (Å²) in [6, 6.07) is 11.6. The van der Waals surface area contributed by atoms with Crippen molar-refractivity contribution in [3.05, 3.63) is 75.8 Å². The second-order valence-corrected chi connectivity index (χ2v) is 6.96. The Hall–Kier alpha value is -2.26. The fraction of sp³-hybridized carbons (Fsp3) is 0.250. The molecule has 0 spiro atoms. The second kappa shape index (κ2) is 5.67. The van der Waals surface area contributed by atoms with Crippen LogP contribution in [-0.4, -0.2) is 5.97 Å². The Morgan fingerprint density at radius 1 is 1.29 bits per heavy atom. The van der Waals surface area contributed by atoms with E-state index < -0.39 is 5.97 Å². The van der Waals surface area contributed by atoms with Gasteiger partial charge in [-0.05, 0) is 48.1 Å². The molecule has 1 heterocycles. The first-order valence-electron chi connectivity index (χ1n) is 8.10. The third-order valence-corrected chi connectivity index (χ3v) is 5.46. The average molecular weight is 339 g/mol. The lowest BCUT2D eigenvalue weighted by atomic mass is 9.76. The molecule has 0 unspecified atom stereocenters. The van der Waals surface area contributed by atoms with Gasteiger partial charge in [-0.1, -0.05) is 48.0 Å². The van der Waals surface area contributed by atoms with Crippen LogP contribution in [0.5, 0.6) is 0 Å². The first-order valence-corrected chi connectivity index (χ1v) is 8.47. The minimum absolute atomic E-state index is 0.104. The Balaban J connectivity index is 1.85. The van der Waals surface area contributed by atoms with Gasteiger partial charge in [-0.2, -0.15) is 0 Å². The highest BCUT2D eigenvalue weighted by molar-refractivity contribution is 6.30. The maximum Gasteiger partial charge on any atom is 0.0718 e. The van der Waals surface area contributed by atoms with E-state index in [9.17, 15) is 9.90 Å². The van der Waals surface area contributed by atoms with Crippen LogP contribution in [0.1, 0.15) is 45.4 Å². The number of allylic oxidation sites excluding steroid dienone is 2. The zero-order chi connectivity index (χ0) is 16.8. The highest BCUT2D eigenvalue weighted by Crippen LogP contribution is 2.51. The number of carboxylic acids is 1. The lowest BCUT2D eigenvalue weighted by molar-refractivity contribution is -0.255. The van der Waals surface area contributed by atoms with E-state index >= 15 is 0 Å². The fourth-order valence-corrected chi connectivity index (χ4v) is 4.26. The molecular weight excluding hydrogens is 322 g/mol. The largest absolute Gasteiger partial charge is 0.545 e. The number of hydrogen-bond acceptors (Lipinski definition) is 3. The molecule has 0 radical (unpaired) electrons. The molecule has 24 heavy (non-hydrogen) atoms. The van der Waals surface area contributed by atoms with E-state index in [1.54, 1.807) is 6.07 Å². The van der Waals surface area contributed by atoms with E-state index in [2.05, 4.69) is 23.5 Å². The zero-order valence-electron chi connectivity index (χ0n) is 13.3. The number of nitrogens with one attached hydrogen (secondary N) is 1. The Kier molecular flexibility index (Phi) is 3.61. The van der Waals surface area contributed by atoms with Gasteiger partial charge >= 0.3 is 0 Å². The van der Waals surface area contributed by atoms with Crippen molar-refractivity contribution in [2.24, 2.45) is 5.92 Å². The highest BCUT2D eigenvalue weighted by atomic mass is 35.5. The number of carboxylic acid groups (broad SMARTS) is 1. The van der Waals surface area contributed by atoms with Gasteiger partial charge in [-0.3, -0.25) is 0 Å². The standard InChI is InChI=1S/C20H18ClNO2/c1-11-14(20(23)24)8-9-17-15-6-3-7-16(15)19(22-18(11)17)12-4-2-5-13(21)10-12/h2-6,8-10,15-16,19,22H,7H2,1H3,(H,23,24)/p-1/t15-,16+,19-/m0/s1. The van der Waals surface area contributed by atoms with E-state index in [-0.39, 0.29) is 11.6 Å². The predicted molar refractivity (Wildman–Crippen MR) is 93.3 cm³/mol. The van der Waals surface area contributed by atoms with Gasteiger partial charge in [-0.15, -0.1) is 0 Å². The van der Waals surface area contributed by atoms with Gasteiger partial charge in [0.05, 0.1) is 12.0 Å². The van der Waals surface area contributed by atoms with Crippen molar-refractivity contribution in [2.45, 2.75) is 25.3 Å². The van der Waals surface area contributed by atoms with E-state index in [1.807, 2.05) is 31.2 Å². The lowest BCUT2D eigenvalue weighted by Crippen LogP contribution is -2.31. The van der Waals surface area contributed by atoms with Crippen LogP contribution in [0.4, 0.5) is 5.69 Å². The monoisotopic (exact) mass is 338 g/mol. The zero-order valence-corrected chi connectivity index (χ0v) is 14.0. The van der Waals surface area contributed by atoms with E-state index in [1.165, 1.54) is 0 Å². The minimum Gasteiger partial charge on any atom is -0.545 e. The van der Waals surface area contributed by atoms with Crippen LogP contribution >= 0.6 is 11.6 Å². The summed E-state index contributed by atoms with van der Waals surface area (Å²) in [5.74, 6) is -0.440. The molecule has 4 heteroatoms. The fourth-order valence-electron chi connectivity index (χ4n) is 4.07. The number of fused-ring (bicyclic) bond motifs is 3. The molecule has 2 aromatic carbocycles. The van der Waals surface area contributed by atoms with Crippen molar-refractivity contribution in [1.82, 2.24) is 0 Å². The predicted octanol–water partition coefficient (Wildman–Crippen LogP) is 3.84. The Morgan fingerprint density at radius 2 is 2.12 bits per heavy atom. The average Bonchev–Trinajstić information content (AvgIpc) is 3.04. The van der Waals surface area contributed by atoms with Crippen molar-refractivity contribution < 1.29 is 9.90 Å². The van der Waals surface area contributed by atoms with Crippen molar-refractivity contribution >= 4 is 23.3 Å². The molecule has 0 saturated heterocycles. The van der Waals surface area contributed by atoms with Crippen LogP contribution in [0.25, 0.3) is 0 Å². The summed E-state index contributed by atoms with van der Waals surface area (Å²) in [6.07, 6.45) is 5.45. The molecule has 0 saturated carbocycles. The van der Waals surface area contributed by atoms with Gasteiger partial charge in [0.2, 0.25) is 0 Å². The maximum atomic E-state index is 11.4. The SMILES string of the molecule is Cc1c(C(=O)[O-])ccc2c1N[C@@H](c1cccc(Cl)c1)[C@@H]1CC=C[C@H]21. The van der Waals surface area contributed by atoms with Crippen LogP contribution < -0.4 is 10.4 Å². The van der Waals surface area contributed by atoms with E-state index in [0.29, 0.717) is 16.9 Å². The van der Waals surface area contributed by atoms with Crippen LogP contribution in [-0.2, 0) is 0 Å². The van der Waals surface area contributed by atoms with E-state index in [0.717, 1.165) is 28.8 Å². The Bertz CT molecular complexity index is 859. The van der Waals surface area contributed by atoms with Crippen molar-refractivity contribution in [2.75, 3.05) is 5.32 Å². The summed E-state index contributed by atoms with van der Waals surface area (Å²) in [6.45, 7) is 1.84. The molecule has 1 N–H and O–H groups in total. The Labute approximate surface area is 146 Å². The summed E-state index contributed by atoms with van der Waals surface area (Å²) in [4.78, 5) is 11.4. The van der Waals surface area contributed by atoms with Gasteiger partial charge in [0.1, 0.15) is 0 Å². The Morgan fingerprint density at radius 3 is 2.88 bits per heavy atom. The van der Waals surface area contributed by atoms with Gasteiger partial charge < -0.3 is 15.2 Å². The molecule has 0 fully saturated rings. The second-order valence-electron chi connectivity index (χ2n) is 6.52. The smallest absolute Gasteiger partial charge is 0.0718 e. The molecule has 1 aliphatic carbocycles. The maximum absolute atomic E-state index is 11.4. The van der Waals surface area contributed by atoms with Crippen LogP contribution in [0.15, 0.2) is 48.6 Å². The molecule has 3 nitrogen and oxygen atoms in total. The quantitative estimate of drug-likeness (QED) is 0.846. The van der Waals surface area contributed by atoms with Crippen molar-refractivity contribution in [3.8, 4) is 0 Å². The van der Waals surface area contributed by atoms with Gasteiger partial charge in [-0.25, -0.2) is 0 Å². The summed E-state index contributed by atoms with van der Waals surface area (Å²) in [7, 11) is 0. The van der Waals surface area contributed by atoms with Gasteiger partial charge in [0.25, 0.3) is 0 Å². The number of carbonyl (C=O) groups excluding carboxylic acids is 1. The van der Waals surface area contributed by atoms with Gasteiger partial charge in [0.15, 0.2) is 0 Å². The molecule has 0 amide bonds. The first kappa shape index (κ1) is 15.3. The first-order chi connectivity index (χ1) is 11.6. The topological polar surface area (TPSA) is 52.2 Å². The number of rotatable bonds is 2. The molecule has 2 aliphatic rings.